The SMILES string of the molecule is CC/C=C\C/C=C\C/C=C\C/C=C\C/C=C\CCCCOC(C)C(=O)OCC. The van der Waals surface area contributed by atoms with E-state index in [4.69, 9.17) is 9.47 Å². The van der Waals surface area contributed by atoms with E-state index in [1.54, 1.807) is 13.8 Å². The summed E-state index contributed by atoms with van der Waals surface area (Å²) in [5.74, 6) is -0.277. The smallest absolute Gasteiger partial charge is 0.334 e. The molecule has 1 unspecified atom stereocenters. The van der Waals surface area contributed by atoms with Crippen molar-refractivity contribution in [3.8, 4) is 0 Å². The quantitative estimate of drug-likeness (QED) is 0.155. The topological polar surface area (TPSA) is 35.5 Å². The second kappa shape index (κ2) is 21.4. The third-order valence-electron chi connectivity index (χ3n) is 3.91. The van der Waals surface area contributed by atoms with Crippen LogP contribution in [-0.4, -0.2) is 25.3 Å². The van der Waals surface area contributed by atoms with E-state index in [9.17, 15) is 4.79 Å². The Morgan fingerprint density at radius 3 is 1.75 bits per heavy atom. The molecule has 158 valence electrons. The summed E-state index contributed by atoms with van der Waals surface area (Å²) in [6.45, 7) is 6.69. The summed E-state index contributed by atoms with van der Waals surface area (Å²) < 4.78 is 10.4. The maximum Gasteiger partial charge on any atom is 0.334 e. The van der Waals surface area contributed by atoms with Crippen molar-refractivity contribution >= 4 is 5.97 Å². The van der Waals surface area contributed by atoms with Gasteiger partial charge in [-0.3, -0.25) is 0 Å². The molecule has 0 aromatic carbocycles. The fraction of sp³-hybridized carbons (Fsp3) is 0.560. The fourth-order valence-electron chi connectivity index (χ4n) is 2.32. The Bertz CT molecular complexity index is 498. The number of rotatable bonds is 17. The number of hydrogen-bond donors (Lipinski definition) is 0. The molecule has 0 bridgehead atoms. The standard InChI is InChI=1S/C25H40O3/c1-4-6-7-8-9-10-11-12-13-14-15-16-17-18-19-20-21-22-23-28-24(3)25(26)27-5-2/h6-7,9-10,12-13,15-16,18-19,24H,4-5,8,11,14,17,20-23H2,1-3H3/b7-6-,10-9-,13-12-,16-15-,19-18-. The van der Waals surface area contributed by atoms with Gasteiger partial charge >= 0.3 is 5.97 Å². The van der Waals surface area contributed by atoms with Crippen molar-refractivity contribution in [3.05, 3.63) is 60.8 Å². The summed E-state index contributed by atoms with van der Waals surface area (Å²) in [6, 6.07) is 0. The Labute approximate surface area is 172 Å². The average molecular weight is 389 g/mol. The van der Waals surface area contributed by atoms with Crippen LogP contribution in [0.5, 0.6) is 0 Å². The van der Waals surface area contributed by atoms with E-state index < -0.39 is 6.10 Å². The van der Waals surface area contributed by atoms with Crippen LogP contribution in [0.15, 0.2) is 60.8 Å². The van der Waals surface area contributed by atoms with Crippen LogP contribution in [0.4, 0.5) is 0 Å². The number of unbranched alkanes of at least 4 members (excludes halogenated alkanes) is 2. The van der Waals surface area contributed by atoms with Gasteiger partial charge in [-0.1, -0.05) is 67.7 Å². The lowest BCUT2D eigenvalue weighted by Gasteiger charge is -2.11. The van der Waals surface area contributed by atoms with Crippen molar-refractivity contribution in [3.63, 3.8) is 0 Å². The Balaban J connectivity index is 3.50. The highest BCUT2D eigenvalue weighted by atomic mass is 16.6. The van der Waals surface area contributed by atoms with Gasteiger partial charge < -0.3 is 9.47 Å². The first-order chi connectivity index (χ1) is 13.7. The van der Waals surface area contributed by atoms with Crippen LogP contribution in [0.25, 0.3) is 0 Å². The van der Waals surface area contributed by atoms with Crippen LogP contribution in [-0.2, 0) is 14.3 Å². The largest absolute Gasteiger partial charge is 0.464 e. The van der Waals surface area contributed by atoms with Gasteiger partial charge in [0.2, 0.25) is 0 Å². The molecule has 28 heavy (non-hydrogen) atoms. The molecule has 0 radical (unpaired) electrons. The normalized spacial score (nSPS) is 13.7. The molecule has 3 heteroatoms. The predicted molar refractivity (Wildman–Crippen MR) is 120 cm³/mol. The van der Waals surface area contributed by atoms with Crippen molar-refractivity contribution in [2.45, 2.75) is 78.2 Å². The number of allylic oxidation sites excluding steroid dienone is 10. The van der Waals surface area contributed by atoms with E-state index in [-0.39, 0.29) is 5.97 Å². The van der Waals surface area contributed by atoms with Gasteiger partial charge in [-0.05, 0) is 65.2 Å². The van der Waals surface area contributed by atoms with Crippen molar-refractivity contribution in [2.24, 2.45) is 0 Å². The number of ether oxygens (including phenoxy) is 2. The molecule has 0 aromatic heterocycles. The molecule has 0 aromatic rings. The molecule has 0 amide bonds. The summed E-state index contributed by atoms with van der Waals surface area (Å²) >= 11 is 0. The van der Waals surface area contributed by atoms with Crippen molar-refractivity contribution in [1.82, 2.24) is 0 Å². The van der Waals surface area contributed by atoms with Gasteiger partial charge in [-0.2, -0.15) is 0 Å². The second-order valence-corrected chi connectivity index (χ2v) is 6.47. The first-order valence-electron chi connectivity index (χ1n) is 10.8. The molecule has 0 rings (SSSR count). The third kappa shape index (κ3) is 18.9. The fourth-order valence-corrected chi connectivity index (χ4v) is 2.32. The Morgan fingerprint density at radius 2 is 1.25 bits per heavy atom. The molecule has 0 aliphatic heterocycles. The maximum atomic E-state index is 11.4. The zero-order chi connectivity index (χ0) is 20.7. The predicted octanol–water partition coefficient (Wildman–Crippen LogP) is 6.88. The van der Waals surface area contributed by atoms with Gasteiger partial charge in [-0.25, -0.2) is 4.79 Å². The maximum absolute atomic E-state index is 11.4. The van der Waals surface area contributed by atoms with Gasteiger partial charge in [0, 0.05) is 6.61 Å². The Hall–Kier alpha value is -1.87. The average Bonchev–Trinajstić information content (AvgIpc) is 2.69. The van der Waals surface area contributed by atoms with Crippen molar-refractivity contribution < 1.29 is 14.3 Å². The summed E-state index contributed by atoms with van der Waals surface area (Å²) in [6.07, 6.45) is 29.8. The molecule has 1 atom stereocenters. The van der Waals surface area contributed by atoms with E-state index in [1.807, 2.05) is 0 Å². The zero-order valence-corrected chi connectivity index (χ0v) is 18.1. The molecule has 3 nitrogen and oxygen atoms in total. The van der Waals surface area contributed by atoms with Gasteiger partial charge in [0.1, 0.15) is 0 Å². The van der Waals surface area contributed by atoms with E-state index in [0.717, 1.165) is 51.4 Å². The van der Waals surface area contributed by atoms with Gasteiger partial charge in [0.05, 0.1) is 6.61 Å². The highest BCUT2D eigenvalue weighted by Crippen LogP contribution is 2.02. The lowest BCUT2D eigenvalue weighted by Crippen LogP contribution is -2.23. The molecular formula is C25H40O3. The highest BCUT2D eigenvalue weighted by Gasteiger charge is 2.13. The molecule has 0 N–H and O–H groups in total. The summed E-state index contributed by atoms with van der Waals surface area (Å²) in [4.78, 5) is 11.4. The molecule has 0 spiro atoms. The van der Waals surface area contributed by atoms with Crippen LogP contribution >= 0.6 is 0 Å². The van der Waals surface area contributed by atoms with Crippen molar-refractivity contribution in [1.29, 1.82) is 0 Å². The number of esters is 1. The van der Waals surface area contributed by atoms with E-state index in [1.165, 1.54) is 0 Å². The van der Waals surface area contributed by atoms with Crippen LogP contribution in [0.2, 0.25) is 0 Å². The summed E-state index contributed by atoms with van der Waals surface area (Å²) in [5.41, 5.74) is 0. The van der Waals surface area contributed by atoms with E-state index in [2.05, 4.69) is 67.7 Å². The summed E-state index contributed by atoms with van der Waals surface area (Å²) in [5, 5.41) is 0. The highest BCUT2D eigenvalue weighted by molar-refractivity contribution is 5.74. The number of hydrogen-bond acceptors (Lipinski definition) is 3. The zero-order valence-electron chi connectivity index (χ0n) is 18.1. The summed E-state index contributed by atoms with van der Waals surface area (Å²) in [7, 11) is 0. The van der Waals surface area contributed by atoms with Gasteiger partial charge in [0.25, 0.3) is 0 Å². The van der Waals surface area contributed by atoms with Gasteiger partial charge in [-0.15, -0.1) is 0 Å². The molecule has 0 aliphatic rings. The Morgan fingerprint density at radius 1 is 0.750 bits per heavy atom. The molecule has 0 aliphatic carbocycles. The lowest BCUT2D eigenvalue weighted by atomic mass is 10.2. The van der Waals surface area contributed by atoms with Gasteiger partial charge in [0.15, 0.2) is 6.10 Å². The van der Waals surface area contributed by atoms with E-state index >= 15 is 0 Å². The first-order valence-corrected chi connectivity index (χ1v) is 10.8. The minimum Gasteiger partial charge on any atom is -0.464 e. The molecular weight excluding hydrogens is 348 g/mol. The third-order valence-corrected chi connectivity index (χ3v) is 3.91. The monoisotopic (exact) mass is 388 g/mol. The molecule has 0 fully saturated rings. The van der Waals surface area contributed by atoms with Crippen LogP contribution in [0.3, 0.4) is 0 Å². The number of carbonyl (C=O) groups excluding carboxylic acids is 1. The first kappa shape index (κ1) is 26.1. The van der Waals surface area contributed by atoms with Crippen LogP contribution < -0.4 is 0 Å². The lowest BCUT2D eigenvalue weighted by molar-refractivity contribution is -0.155. The molecule has 0 saturated carbocycles. The second-order valence-electron chi connectivity index (χ2n) is 6.47. The Kier molecular flexibility index (Phi) is 20.0. The molecule has 0 saturated heterocycles. The van der Waals surface area contributed by atoms with E-state index in [0.29, 0.717) is 13.2 Å². The minimum atomic E-state index is -0.464. The van der Waals surface area contributed by atoms with Crippen LogP contribution in [0.1, 0.15) is 72.1 Å². The minimum absolute atomic E-state index is 0.277. The molecule has 0 heterocycles. The van der Waals surface area contributed by atoms with Crippen molar-refractivity contribution in [2.75, 3.05) is 13.2 Å². The number of carbonyl (C=O) groups is 1. The van der Waals surface area contributed by atoms with Crippen LogP contribution in [0, 0.1) is 0 Å².